The summed E-state index contributed by atoms with van der Waals surface area (Å²) in [5.41, 5.74) is 2.65. The number of carbonyl (C=O) groups excluding carboxylic acids is 1. The van der Waals surface area contributed by atoms with Crippen molar-refractivity contribution in [3.63, 3.8) is 0 Å². The summed E-state index contributed by atoms with van der Waals surface area (Å²) in [6.07, 6.45) is 1.41. The molecule has 25 heavy (non-hydrogen) atoms. The SMILES string of the molecule is CCC[C@@H]1[C@@H](c2ccccc2)C(C#N)(C#N)[C@]2(C#N)C[C@]1(N)NC2=O. The first-order valence-electron chi connectivity index (χ1n) is 8.35. The molecule has 126 valence electrons. The minimum absolute atomic E-state index is 0.0234. The van der Waals surface area contributed by atoms with E-state index in [0.29, 0.717) is 6.42 Å². The molecule has 1 aromatic rings. The summed E-state index contributed by atoms with van der Waals surface area (Å²) >= 11 is 0. The molecule has 3 N–H and O–H groups in total. The second kappa shape index (κ2) is 5.59. The van der Waals surface area contributed by atoms with Gasteiger partial charge in [-0.3, -0.25) is 4.79 Å². The van der Waals surface area contributed by atoms with Crippen LogP contribution in [0.1, 0.15) is 37.7 Å². The van der Waals surface area contributed by atoms with Crippen LogP contribution in [0, 0.1) is 50.7 Å². The van der Waals surface area contributed by atoms with Crippen LogP contribution in [0.5, 0.6) is 0 Å². The third-order valence-corrected chi connectivity index (χ3v) is 5.80. The number of rotatable bonds is 3. The van der Waals surface area contributed by atoms with E-state index in [9.17, 15) is 20.6 Å². The van der Waals surface area contributed by atoms with Crippen molar-refractivity contribution in [3.8, 4) is 18.2 Å². The average Bonchev–Trinajstić information content (AvgIpc) is 2.88. The highest BCUT2D eigenvalue weighted by atomic mass is 16.2. The largest absolute Gasteiger partial charge is 0.336 e. The molecule has 0 spiro atoms. The van der Waals surface area contributed by atoms with Crippen molar-refractivity contribution in [2.75, 3.05) is 0 Å². The minimum Gasteiger partial charge on any atom is -0.336 e. The number of benzene rings is 1. The molecule has 2 fully saturated rings. The van der Waals surface area contributed by atoms with Crippen LogP contribution in [0.2, 0.25) is 0 Å². The molecule has 4 atom stereocenters. The molecule has 1 saturated carbocycles. The quantitative estimate of drug-likeness (QED) is 0.873. The highest BCUT2D eigenvalue weighted by molar-refractivity contribution is 5.92. The van der Waals surface area contributed by atoms with Crippen molar-refractivity contribution in [2.24, 2.45) is 22.5 Å². The number of nitrogens with one attached hydrogen (secondary N) is 1. The predicted octanol–water partition coefficient (Wildman–Crippen LogP) is 1.92. The third-order valence-electron chi connectivity index (χ3n) is 5.80. The Balaban J connectivity index is 2.35. The Bertz CT molecular complexity index is 816. The van der Waals surface area contributed by atoms with Gasteiger partial charge >= 0.3 is 0 Å². The van der Waals surface area contributed by atoms with E-state index in [1.54, 1.807) is 0 Å². The van der Waals surface area contributed by atoms with Crippen molar-refractivity contribution in [2.45, 2.75) is 37.8 Å². The van der Waals surface area contributed by atoms with Gasteiger partial charge in [0.05, 0.1) is 23.9 Å². The van der Waals surface area contributed by atoms with Gasteiger partial charge in [-0.1, -0.05) is 43.7 Å². The fourth-order valence-corrected chi connectivity index (χ4v) is 4.70. The Kier molecular flexibility index (Phi) is 3.79. The van der Waals surface area contributed by atoms with Gasteiger partial charge in [-0.25, -0.2) is 0 Å². The topological polar surface area (TPSA) is 126 Å². The normalized spacial score (nSPS) is 35.1. The lowest BCUT2D eigenvalue weighted by Gasteiger charge is -2.50. The van der Waals surface area contributed by atoms with Crippen LogP contribution in [0.15, 0.2) is 30.3 Å². The molecule has 1 amide bonds. The predicted molar refractivity (Wildman–Crippen MR) is 89.0 cm³/mol. The molecule has 3 rings (SSSR count). The van der Waals surface area contributed by atoms with E-state index < -0.39 is 28.3 Å². The lowest BCUT2D eigenvalue weighted by atomic mass is 9.47. The first kappa shape index (κ1) is 17.0. The van der Waals surface area contributed by atoms with E-state index in [1.165, 1.54) is 0 Å². The van der Waals surface area contributed by atoms with E-state index in [0.717, 1.165) is 12.0 Å². The maximum atomic E-state index is 12.8. The summed E-state index contributed by atoms with van der Waals surface area (Å²) in [7, 11) is 0. The highest BCUT2D eigenvalue weighted by Gasteiger charge is 2.76. The second-order valence-electron chi connectivity index (χ2n) is 7.00. The van der Waals surface area contributed by atoms with Crippen molar-refractivity contribution < 1.29 is 4.79 Å². The summed E-state index contributed by atoms with van der Waals surface area (Å²) in [5, 5.41) is 32.7. The van der Waals surface area contributed by atoms with Gasteiger partial charge in [0, 0.05) is 18.3 Å². The number of nitrogens with zero attached hydrogens (tertiary/aromatic N) is 3. The summed E-state index contributed by atoms with van der Waals surface area (Å²) < 4.78 is 0. The number of nitriles is 3. The summed E-state index contributed by atoms with van der Waals surface area (Å²) in [4.78, 5) is 12.8. The van der Waals surface area contributed by atoms with Gasteiger partial charge in [-0.2, -0.15) is 15.8 Å². The van der Waals surface area contributed by atoms with Crippen LogP contribution in [0.3, 0.4) is 0 Å². The lowest BCUT2D eigenvalue weighted by Crippen LogP contribution is -2.62. The molecular weight excluding hydrogens is 314 g/mol. The van der Waals surface area contributed by atoms with E-state index in [-0.39, 0.29) is 12.3 Å². The first-order chi connectivity index (χ1) is 11.9. The molecule has 0 aromatic heterocycles. The molecule has 0 unspecified atom stereocenters. The van der Waals surface area contributed by atoms with E-state index in [4.69, 9.17) is 5.73 Å². The van der Waals surface area contributed by atoms with Crippen molar-refractivity contribution in [1.82, 2.24) is 5.32 Å². The van der Waals surface area contributed by atoms with Crippen LogP contribution in [0.25, 0.3) is 0 Å². The molecule has 1 aliphatic carbocycles. The zero-order chi connectivity index (χ0) is 18.3. The van der Waals surface area contributed by atoms with Gasteiger partial charge in [0.15, 0.2) is 10.8 Å². The Labute approximate surface area is 146 Å². The molecule has 1 heterocycles. The maximum absolute atomic E-state index is 12.8. The number of fused-ring (bicyclic) bond motifs is 2. The summed E-state index contributed by atoms with van der Waals surface area (Å²) in [6, 6.07) is 15.3. The molecule has 1 aliphatic heterocycles. The molecule has 6 heteroatoms. The van der Waals surface area contributed by atoms with Crippen LogP contribution in [0.4, 0.5) is 0 Å². The number of carbonyl (C=O) groups is 1. The Hall–Kier alpha value is -2.88. The molecule has 2 aliphatic rings. The number of nitrogens with two attached hydrogens (primary N) is 1. The fraction of sp³-hybridized carbons (Fsp3) is 0.474. The van der Waals surface area contributed by atoms with Crippen LogP contribution < -0.4 is 11.1 Å². The monoisotopic (exact) mass is 333 g/mol. The van der Waals surface area contributed by atoms with E-state index >= 15 is 0 Å². The molecule has 2 bridgehead atoms. The second-order valence-corrected chi connectivity index (χ2v) is 7.00. The Morgan fingerprint density at radius 2 is 1.84 bits per heavy atom. The van der Waals surface area contributed by atoms with Gasteiger partial charge in [0.25, 0.3) is 0 Å². The smallest absolute Gasteiger partial charge is 0.244 e. The number of hydrogen-bond acceptors (Lipinski definition) is 5. The zero-order valence-corrected chi connectivity index (χ0v) is 14.0. The summed E-state index contributed by atoms with van der Waals surface area (Å²) in [6.45, 7) is 1.99. The van der Waals surface area contributed by atoms with E-state index in [1.807, 2.05) is 43.3 Å². The van der Waals surface area contributed by atoms with Crippen molar-refractivity contribution in [1.29, 1.82) is 15.8 Å². The van der Waals surface area contributed by atoms with Gasteiger partial charge in [0.2, 0.25) is 5.91 Å². The molecule has 6 nitrogen and oxygen atoms in total. The van der Waals surface area contributed by atoms with Gasteiger partial charge < -0.3 is 11.1 Å². The maximum Gasteiger partial charge on any atom is 0.244 e. The summed E-state index contributed by atoms with van der Waals surface area (Å²) in [5.74, 6) is -1.55. The van der Waals surface area contributed by atoms with Crippen LogP contribution in [-0.2, 0) is 4.79 Å². The average molecular weight is 333 g/mol. The Morgan fingerprint density at radius 1 is 1.20 bits per heavy atom. The molecule has 1 aromatic carbocycles. The number of amides is 1. The number of hydrogen-bond donors (Lipinski definition) is 2. The van der Waals surface area contributed by atoms with Crippen LogP contribution in [-0.4, -0.2) is 11.6 Å². The molecular formula is C19H19N5O. The minimum atomic E-state index is -1.79. The molecule has 1 saturated heterocycles. The first-order valence-corrected chi connectivity index (χ1v) is 8.35. The fourth-order valence-electron chi connectivity index (χ4n) is 4.70. The van der Waals surface area contributed by atoms with Gasteiger partial charge in [-0.15, -0.1) is 0 Å². The van der Waals surface area contributed by atoms with E-state index in [2.05, 4.69) is 17.5 Å². The van der Waals surface area contributed by atoms with Crippen molar-refractivity contribution >= 4 is 5.91 Å². The van der Waals surface area contributed by atoms with Crippen LogP contribution >= 0.6 is 0 Å². The van der Waals surface area contributed by atoms with Gasteiger partial charge in [0.1, 0.15) is 0 Å². The van der Waals surface area contributed by atoms with Crippen molar-refractivity contribution in [3.05, 3.63) is 35.9 Å². The standard InChI is InChI=1S/C19H19N5O/c1-2-6-14-15(13-7-4-3-5-8-13)18(11-21,12-22)17(10-20)9-19(14,23)24-16(17)25/h3-5,7-8,14-15H,2,6,9,23H2,1H3,(H,24,25)/t14-,15-,17+,19+/m1/s1. The highest BCUT2D eigenvalue weighted by Crippen LogP contribution is 2.64. The zero-order valence-electron chi connectivity index (χ0n) is 14.0. The van der Waals surface area contributed by atoms with Gasteiger partial charge in [-0.05, 0) is 12.0 Å². The molecule has 0 radical (unpaired) electrons. The Morgan fingerprint density at radius 3 is 2.36 bits per heavy atom. The third kappa shape index (κ3) is 1.94. The lowest BCUT2D eigenvalue weighted by molar-refractivity contribution is -0.128.